The van der Waals surface area contributed by atoms with Gasteiger partial charge in [-0.25, -0.2) is 9.97 Å². The third-order valence-corrected chi connectivity index (χ3v) is 3.27. The molecule has 0 fully saturated rings. The number of hydrogen-bond donors (Lipinski definition) is 1. The number of nitrogens with one attached hydrogen (secondary N) is 1. The normalized spacial score (nSPS) is 10.8. The molecule has 0 radical (unpaired) electrons. The summed E-state index contributed by atoms with van der Waals surface area (Å²) >= 11 is 0. The molecule has 5 nitrogen and oxygen atoms in total. The molecule has 0 atom stereocenters. The molecule has 0 spiro atoms. The van der Waals surface area contributed by atoms with Crippen molar-refractivity contribution in [2.24, 2.45) is 7.05 Å². The molecule has 2 aromatic rings. The van der Waals surface area contributed by atoms with Crippen LogP contribution < -0.4 is 5.32 Å². The number of rotatable bonds is 4. The van der Waals surface area contributed by atoms with Gasteiger partial charge in [0.05, 0.1) is 5.69 Å². The Bertz CT molecular complexity index is 586. The molecule has 2 aromatic heterocycles. The Balaban J connectivity index is 2.18. The highest BCUT2D eigenvalue weighted by Gasteiger charge is 2.09. The first kappa shape index (κ1) is 13.5. The van der Waals surface area contributed by atoms with Crippen LogP contribution in [0.25, 0.3) is 0 Å². The Morgan fingerprint density at radius 1 is 1.21 bits per heavy atom. The lowest BCUT2D eigenvalue weighted by molar-refractivity contribution is 0.746. The van der Waals surface area contributed by atoms with Crippen LogP contribution in [0.3, 0.4) is 0 Å². The minimum Gasteiger partial charge on any atom is -0.366 e. The van der Waals surface area contributed by atoms with Crippen LogP contribution in [0.5, 0.6) is 0 Å². The van der Waals surface area contributed by atoms with E-state index in [1.54, 1.807) is 0 Å². The first-order chi connectivity index (χ1) is 9.01. The van der Waals surface area contributed by atoms with E-state index in [9.17, 15) is 0 Å². The molecule has 19 heavy (non-hydrogen) atoms. The number of hydrogen-bond acceptors (Lipinski definition) is 4. The smallest absolute Gasteiger partial charge is 0.133 e. The molecule has 0 saturated carbocycles. The highest BCUT2D eigenvalue weighted by molar-refractivity contribution is 5.46. The van der Waals surface area contributed by atoms with Crippen molar-refractivity contribution in [2.75, 3.05) is 5.32 Å². The molecule has 0 aromatic carbocycles. The Morgan fingerprint density at radius 2 is 1.95 bits per heavy atom. The maximum atomic E-state index is 4.46. The standard InChI is InChI=1S/C14H21N5/c1-6-13-12(8-19(5)18-13)7-15-14-9(2)10(3)16-11(4)17-14/h8H,6-7H2,1-5H3,(H,15,16,17). The fraction of sp³-hybridized carbons (Fsp3) is 0.500. The van der Waals surface area contributed by atoms with Crippen molar-refractivity contribution < 1.29 is 0 Å². The third kappa shape index (κ3) is 2.92. The second-order valence-corrected chi connectivity index (χ2v) is 4.81. The molecule has 102 valence electrons. The molecule has 0 saturated heterocycles. The molecule has 0 amide bonds. The van der Waals surface area contributed by atoms with Crippen LogP contribution in [0.2, 0.25) is 0 Å². The van der Waals surface area contributed by atoms with Gasteiger partial charge in [0, 0.05) is 36.6 Å². The zero-order valence-corrected chi connectivity index (χ0v) is 12.3. The second kappa shape index (κ2) is 5.38. The van der Waals surface area contributed by atoms with Gasteiger partial charge in [0.15, 0.2) is 0 Å². The minimum atomic E-state index is 0.744. The molecule has 0 unspecified atom stereocenters. The number of aryl methyl sites for hydroxylation is 4. The maximum absolute atomic E-state index is 4.46. The van der Waals surface area contributed by atoms with E-state index in [1.165, 1.54) is 5.56 Å². The molecular weight excluding hydrogens is 238 g/mol. The average molecular weight is 259 g/mol. The van der Waals surface area contributed by atoms with Crippen LogP contribution in [0, 0.1) is 20.8 Å². The molecule has 0 aliphatic rings. The summed E-state index contributed by atoms with van der Waals surface area (Å²) in [6.07, 6.45) is 3.00. The summed E-state index contributed by atoms with van der Waals surface area (Å²) in [5, 5.41) is 7.84. The lowest BCUT2D eigenvalue weighted by atomic mass is 10.2. The van der Waals surface area contributed by atoms with Crippen LogP contribution in [-0.4, -0.2) is 19.7 Å². The van der Waals surface area contributed by atoms with Crippen molar-refractivity contribution in [3.8, 4) is 0 Å². The van der Waals surface area contributed by atoms with Gasteiger partial charge in [-0.1, -0.05) is 6.92 Å². The van der Waals surface area contributed by atoms with Gasteiger partial charge >= 0.3 is 0 Å². The van der Waals surface area contributed by atoms with Crippen molar-refractivity contribution in [1.29, 1.82) is 0 Å². The van der Waals surface area contributed by atoms with Crippen molar-refractivity contribution in [2.45, 2.75) is 40.7 Å². The van der Waals surface area contributed by atoms with Crippen LogP contribution >= 0.6 is 0 Å². The number of aromatic nitrogens is 4. The van der Waals surface area contributed by atoms with Gasteiger partial charge in [-0.05, 0) is 27.2 Å². The monoisotopic (exact) mass is 259 g/mol. The first-order valence-electron chi connectivity index (χ1n) is 6.58. The highest BCUT2D eigenvalue weighted by atomic mass is 15.3. The molecule has 0 aliphatic heterocycles. The van der Waals surface area contributed by atoms with E-state index in [2.05, 4.69) is 33.5 Å². The molecule has 2 rings (SSSR count). The molecule has 0 aliphatic carbocycles. The van der Waals surface area contributed by atoms with Gasteiger partial charge < -0.3 is 5.32 Å². The lowest BCUT2D eigenvalue weighted by Gasteiger charge is -2.10. The third-order valence-electron chi connectivity index (χ3n) is 3.27. The van der Waals surface area contributed by atoms with Crippen molar-refractivity contribution in [3.63, 3.8) is 0 Å². The molecule has 5 heteroatoms. The van der Waals surface area contributed by atoms with Gasteiger partial charge in [-0.2, -0.15) is 5.10 Å². The average Bonchev–Trinajstić information content (AvgIpc) is 2.72. The van der Waals surface area contributed by atoms with E-state index in [-0.39, 0.29) is 0 Å². The fourth-order valence-electron chi connectivity index (χ4n) is 2.15. The predicted octanol–water partition coefficient (Wildman–Crippen LogP) is 2.31. The molecule has 2 heterocycles. The summed E-state index contributed by atoms with van der Waals surface area (Å²) in [5.41, 5.74) is 4.48. The van der Waals surface area contributed by atoms with Crippen LogP contribution in [0.4, 0.5) is 5.82 Å². The quantitative estimate of drug-likeness (QED) is 0.915. The zero-order chi connectivity index (χ0) is 14.0. The zero-order valence-electron chi connectivity index (χ0n) is 12.3. The van der Waals surface area contributed by atoms with E-state index in [0.717, 1.165) is 41.6 Å². The van der Waals surface area contributed by atoms with Crippen molar-refractivity contribution >= 4 is 5.82 Å². The first-order valence-corrected chi connectivity index (χ1v) is 6.58. The summed E-state index contributed by atoms with van der Waals surface area (Å²) in [7, 11) is 1.95. The summed E-state index contributed by atoms with van der Waals surface area (Å²) < 4.78 is 1.86. The van der Waals surface area contributed by atoms with Crippen LogP contribution in [-0.2, 0) is 20.0 Å². The summed E-state index contributed by atoms with van der Waals surface area (Å²) in [5.74, 6) is 1.71. The summed E-state index contributed by atoms with van der Waals surface area (Å²) in [6.45, 7) is 8.83. The van der Waals surface area contributed by atoms with Gasteiger partial charge in [-0.15, -0.1) is 0 Å². The molecular formula is C14H21N5. The van der Waals surface area contributed by atoms with E-state index in [1.807, 2.05) is 32.5 Å². The molecule has 0 bridgehead atoms. The summed E-state index contributed by atoms with van der Waals surface area (Å²) in [6, 6.07) is 0. The summed E-state index contributed by atoms with van der Waals surface area (Å²) in [4.78, 5) is 8.82. The minimum absolute atomic E-state index is 0.744. The van der Waals surface area contributed by atoms with Gasteiger partial charge in [0.1, 0.15) is 11.6 Å². The predicted molar refractivity (Wildman–Crippen MR) is 76.2 cm³/mol. The van der Waals surface area contributed by atoms with E-state index in [4.69, 9.17) is 0 Å². The Labute approximate surface area is 114 Å². The van der Waals surface area contributed by atoms with Crippen LogP contribution in [0.1, 0.15) is 35.3 Å². The van der Waals surface area contributed by atoms with Gasteiger partial charge in [-0.3, -0.25) is 4.68 Å². The second-order valence-electron chi connectivity index (χ2n) is 4.81. The fourth-order valence-corrected chi connectivity index (χ4v) is 2.15. The van der Waals surface area contributed by atoms with E-state index >= 15 is 0 Å². The van der Waals surface area contributed by atoms with E-state index < -0.39 is 0 Å². The number of nitrogens with zero attached hydrogens (tertiary/aromatic N) is 4. The van der Waals surface area contributed by atoms with Crippen molar-refractivity contribution in [3.05, 3.63) is 34.5 Å². The Kier molecular flexibility index (Phi) is 3.83. The SMILES string of the molecule is CCc1nn(C)cc1CNc1nc(C)nc(C)c1C. The lowest BCUT2D eigenvalue weighted by Crippen LogP contribution is -2.07. The highest BCUT2D eigenvalue weighted by Crippen LogP contribution is 2.16. The number of anilines is 1. The van der Waals surface area contributed by atoms with Crippen molar-refractivity contribution in [1.82, 2.24) is 19.7 Å². The van der Waals surface area contributed by atoms with Crippen LogP contribution in [0.15, 0.2) is 6.20 Å². The largest absolute Gasteiger partial charge is 0.366 e. The molecule has 1 N–H and O–H groups in total. The Morgan fingerprint density at radius 3 is 2.63 bits per heavy atom. The topological polar surface area (TPSA) is 55.6 Å². The van der Waals surface area contributed by atoms with Gasteiger partial charge in [0.25, 0.3) is 0 Å². The Hall–Kier alpha value is -1.91. The maximum Gasteiger partial charge on any atom is 0.133 e. The van der Waals surface area contributed by atoms with Gasteiger partial charge in [0.2, 0.25) is 0 Å². The van der Waals surface area contributed by atoms with E-state index in [0.29, 0.717) is 0 Å².